The minimum Gasteiger partial charge on any atom is -0.344 e. The number of carbonyl (C=O) groups excluding carboxylic acids is 2. The Hall–Kier alpha value is -1.17. The molecule has 0 atom stereocenters. The number of hydrogen-bond donors (Lipinski definition) is 1. The highest BCUT2D eigenvalue weighted by atomic mass is 35.5. The monoisotopic (exact) mass is 285 g/mol. The second-order valence-corrected chi connectivity index (χ2v) is 5.45. The molecule has 0 aliphatic carbocycles. The number of rotatable bonds is 4. The number of nitrogens with one attached hydrogen (secondary N) is 1. The highest BCUT2D eigenvalue weighted by Crippen LogP contribution is 2.22. The summed E-state index contributed by atoms with van der Waals surface area (Å²) in [6, 6.07) is 5.17. The van der Waals surface area contributed by atoms with Crippen molar-refractivity contribution in [2.24, 2.45) is 0 Å². The Bertz CT molecular complexity index is 533. The van der Waals surface area contributed by atoms with Crippen LogP contribution >= 0.6 is 34.3 Å². The Morgan fingerprint density at radius 1 is 1.24 bits per heavy atom. The topological polar surface area (TPSA) is 46.2 Å². The number of carbonyl (C=O) groups is 2. The Kier molecular flexibility index (Phi) is 3.93. The van der Waals surface area contributed by atoms with Crippen molar-refractivity contribution >= 4 is 46.0 Å². The van der Waals surface area contributed by atoms with E-state index in [0.29, 0.717) is 14.8 Å². The summed E-state index contributed by atoms with van der Waals surface area (Å²) in [5.74, 6) is -0.407. The highest BCUT2D eigenvalue weighted by Gasteiger charge is 2.13. The van der Waals surface area contributed by atoms with Gasteiger partial charge in [0.15, 0.2) is 5.78 Å². The average molecular weight is 286 g/mol. The largest absolute Gasteiger partial charge is 0.344 e. The van der Waals surface area contributed by atoms with E-state index in [-0.39, 0.29) is 18.2 Å². The lowest BCUT2D eigenvalue weighted by atomic mass is 10.3. The van der Waals surface area contributed by atoms with Gasteiger partial charge in [0.05, 0.1) is 21.3 Å². The molecule has 2 aromatic heterocycles. The van der Waals surface area contributed by atoms with Gasteiger partial charge in [-0.15, -0.1) is 22.7 Å². The minimum absolute atomic E-state index is 0.0308. The van der Waals surface area contributed by atoms with E-state index in [0.717, 1.165) is 0 Å². The first-order chi connectivity index (χ1) is 8.18. The first-order valence-corrected chi connectivity index (χ1v) is 6.90. The highest BCUT2D eigenvalue weighted by molar-refractivity contribution is 7.13. The second kappa shape index (κ2) is 5.44. The molecule has 0 radical (unpaired) electrons. The maximum Gasteiger partial charge on any atom is 0.261 e. The van der Waals surface area contributed by atoms with Gasteiger partial charge < -0.3 is 5.32 Å². The van der Waals surface area contributed by atoms with Crippen LogP contribution in [0.5, 0.6) is 0 Å². The van der Waals surface area contributed by atoms with Crippen molar-refractivity contribution in [3.63, 3.8) is 0 Å². The Balaban J connectivity index is 1.93. The number of ketones is 1. The molecule has 0 aromatic carbocycles. The van der Waals surface area contributed by atoms with Gasteiger partial charge in [-0.1, -0.05) is 17.7 Å². The molecule has 0 saturated carbocycles. The van der Waals surface area contributed by atoms with Crippen molar-refractivity contribution in [1.82, 2.24) is 5.32 Å². The zero-order valence-electron chi connectivity index (χ0n) is 8.60. The Labute approximate surface area is 111 Å². The SMILES string of the molecule is O=C(NCC(=O)c1sccc1Cl)c1cccs1. The van der Waals surface area contributed by atoms with Gasteiger partial charge in [0.1, 0.15) is 0 Å². The van der Waals surface area contributed by atoms with Gasteiger partial charge in [0.25, 0.3) is 5.91 Å². The zero-order valence-corrected chi connectivity index (χ0v) is 11.0. The molecule has 0 aliphatic heterocycles. The van der Waals surface area contributed by atoms with E-state index in [2.05, 4.69) is 5.32 Å². The van der Waals surface area contributed by atoms with Crippen LogP contribution in [0.15, 0.2) is 29.0 Å². The lowest BCUT2D eigenvalue weighted by molar-refractivity contribution is 0.0908. The molecule has 0 saturated heterocycles. The van der Waals surface area contributed by atoms with Gasteiger partial charge in [-0.25, -0.2) is 0 Å². The Morgan fingerprint density at radius 3 is 2.65 bits per heavy atom. The summed E-state index contributed by atoms with van der Waals surface area (Å²) in [5.41, 5.74) is 0. The van der Waals surface area contributed by atoms with Crippen molar-refractivity contribution in [2.75, 3.05) is 6.54 Å². The molecule has 2 aromatic rings. The van der Waals surface area contributed by atoms with E-state index in [1.165, 1.54) is 22.7 Å². The van der Waals surface area contributed by atoms with Crippen LogP contribution in [0.4, 0.5) is 0 Å². The van der Waals surface area contributed by atoms with E-state index >= 15 is 0 Å². The van der Waals surface area contributed by atoms with E-state index < -0.39 is 0 Å². The smallest absolute Gasteiger partial charge is 0.261 e. The molecule has 0 spiro atoms. The molecule has 17 heavy (non-hydrogen) atoms. The van der Waals surface area contributed by atoms with Crippen molar-refractivity contribution in [3.05, 3.63) is 43.7 Å². The molecule has 2 rings (SSSR count). The summed E-state index contributed by atoms with van der Waals surface area (Å²) in [7, 11) is 0. The van der Waals surface area contributed by atoms with Crippen LogP contribution in [0.1, 0.15) is 19.3 Å². The predicted octanol–water partition coefficient (Wildman–Crippen LogP) is 3.08. The molecule has 0 unspecified atom stereocenters. The van der Waals surface area contributed by atoms with Crippen LogP contribution in [0.2, 0.25) is 5.02 Å². The van der Waals surface area contributed by atoms with E-state index in [9.17, 15) is 9.59 Å². The Morgan fingerprint density at radius 2 is 2.06 bits per heavy atom. The van der Waals surface area contributed by atoms with Crippen LogP contribution in [0.25, 0.3) is 0 Å². The van der Waals surface area contributed by atoms with Crippen molar-refractivity contribution in [3.8, 4) is 0 Å². The lowest BCUT2D eigenvalue weighted by Crippen LogP contribution is -2.28. The third-order valence-electron chi connectivity index (χ3n) is 2.02. The fraction of sp³-hybridized carbons (Fsp3) is 0.0909. The van der Waals surface area contributed by atoms with Gasteiger partial charge in [-0.05, 0) is 22.9 Å². The van der Waals surface area contributed by atoms with Crippen LogP contribution in [0.3, 0.4) is 0 Å². The lowest BCUT2D eigenvalue weighted by Gasteiger charge is -2.01. The molecule has 0 fully saturated rings. The number of halogens is 1. The third kappa shape index (κ3) is 2.94. The van der Waals surface area contributed by atoms with E-state index in [1.54, 1.807) is 23.6 Å². The summed E-state index contributed by atoms with van der Waals surface area (Å²) in [5, 5.41) is 6.56. The summed E-state index contributed by atoms with van der Waals surface area (Å²) in [6.45, 7) is -0.0308. The summed E-state index contributed by atoms with van der Waals surface area (Å²) in [6.07, 6.45) is 0. The molecular weight excluding hydrogens is 278 g/mol. The molecule has 2 heterocycles. The molecule has 1 amide bonds. The maximum atomic E-state index is 11.7. The summed E-state index contributed by atoms with van der Waals surface area (Å²) < 4.78 is 0. The van der Waals surface area contributed by atoms with Crippen LogP contribution in [-0.4, -0.2) is 18.2 Å². The van der Waals surface area contributed by atoms with Gasteiger partial charge in [-0.3, -0.25) is 9.59 Å². The summed E-state index contributed by atoms with van der Waals surface area (Å²) >= 11 is 8.44. The molecule has 0 aliphatic rings. The minimum atomic E-state index is -0.235. The van der Waals surface area contributed by atoms with Crippen LogP contribution in [0, 0.1) is 0 Å². The molecule has 1 N–H and O–H groups in total. The second-order valence-electron chi connectivity index (χ2n) is 3.18. The normalized spacial score (nSPS) is 10.2. The standard InChI is InChI=1S/C11H8ClNO2S2/c12-7-3-5-17-10(7)8(14)6-13-11(15)9-2-1-4-16-9/h1-5H,6H2,(H,13,15). The number of hydrogen-bond acceptors (Lipinski definition) is 4. The van der Waals surface area contributed by atoms with Crippen molar-refractivity contribution in [1.29, 1.82) is 0 Å². The molecule has 0 bridgehead atoms. The molecule has 6 heteroatoms. The summed E-state index contributed by atoms with van der Waals surface area (Å²) in [4.78, 5) is 24.4. The van der Waals surface area contributed by atoms with Crippen molar-refractivity contribution in [2.45, 2.75) is 0 Å². The number of amides is 1. The van der Waals surface area contributed by atoms with Gasteiger partial charge >= 0.3 is 0 Å². The van der Waals surface area contributed by atoms with Gasteiger partial charge in [-0.2, -0.15) is 0 Å². The molecule has 88 valence electrons. The average Bonchev–Trinajstić information content (AvgIpc) is 2.95. The van der Waals surface area contributed by atoms with Gasteiger partial charge in [0.2, 0.25) is 0 Å². The zero-order chi connectivity index (χ0) is 12.3. The first kappa shape index (κ1) is 12.3. The van der Waals surface area contributed by atoms with E-state index in [1.807, 2.05) is 5.38 Å². The van der Waals surface area contributed by atoms with E-state index in [4.69, 9.17) is 11.6 Å². The van der Waals surface area contributed by atoms with Crippen molar-refractivity contribution < 1.29 is 9.59 Å². The maximum absolute atomic E-state index is 11.7. The quantitative estimate of drug-likeness (QED) is 0.878. The van der Waals surface area contributed by atoms with Crippen LogP contribution in [-0.2, 0) is 0 Å². The molecule has 3 nitrogen and oxygen atoms in total. The fourth-order valence-corrected chi connectivity index (χ4v) is 2.97. The number of thiophene rings is 2. The first-order valence-electron chi connectivity index (χ1n) is 4.76. The fourth-order valence-electron chi connectivity index (χ4n) is 1.23. The molecular formula is C11H8ClNO2S2. The number of Topliss-reactive ketones (excluding diaryl/α,β-unsaturated/α-hetero) is 1. The van der Waals surface area contributed by atoms with Crippen LogP contribution < -0.4 is 5.32 Å². The predicted molar refractivity (Wildman–Crippen MR) is 70.3 cm³/mol. The third-order valence-corrected chi connectivity index (χ3v) is 4.28. The van der Waals surface area contributed by atoms with Gasteiger partial charge in [0, 0.05) is 0 Å².